The summed E-state index contributed by atoms with van der Waals surface area (Å²) in [5.74, 6) is 0. The molecular formula is C19H12O2. The summed E-state index contributed by atoms with van der Waals surface area (Å²) in [5.41, 5.74) is 4.55. The van der Waals surface area contributed by atoms with Crippen molar-refractivity contribution in [3.05, 3.63) is 72.3 Å². The van der Waals surface area contributed by atoms with E-state index in [-0.39, 0.29) is 0 Å². The van der Waals surface area contributed by atoms with Crippen molar-refractivity contribution in [2.45, 2.75) is 0 Å². The van der Waals surface area contributed by atoms with E-state index in [0.29, 0.717) is 5.56 Å². The number of carbonyl (C=O) groups excluding carboxylic acids is 1. The molecule has 0 bridgehead atoms. The molecule has 2 heteroatoms. The summed E-state index contributed by atoms with van der Waals surface area (Å²) in [7, 11) is 0. The first-order chi connectivity index (χ1) is 10.4. The predicted molar refractivity (Wildman–Crippen MR) is 84.5 cm³/mol. The Morgan fingerprint density at radius 3 is 2.33 bits per heavy atom. The lowest BCUT2D eigenvalue weighted by molar-refractivity contribution is 0.112. The van der Waals surface area contributed by atoms with Gasteiger partial charge in [0.05, 0.1) is 0 Å². The summed E-state index contributed by atoms with van der Waals surface area (Å²) in [6.45, 7) is 0. The second-order valence-corrected chi connectivity index (χ2v) is 5.02. The summed E-state index contributed by atoms with van der Waals surface area (Å²) in [5, 5.41) is 2.24. The first-order valence-electron chi connectivity index (χ1n) is 6.83. The number of para-hydroxylation sites is 2. The third kappa shape index (κ3) is 1.84. The Bertz CT molecular complexity index is 946. The Morgan fingerprint density at radius 2 is 1.52 bits per heavy atom. The second-order valence-electron chi connectivity index (χ2n) is 5.02. The zero-order chi connectivity index (χ0) is 14.2. The standard InChI is InChI=1S/C19H12O2/c20-12-13-8-10-14(11-9-13)15-5-3-6-17-16-4-1-2-7-18(16)21-19(15)17/h1-12H. The number of benzene rings is 3. The monoisotopic (exact) mass is 272 g/mol. The van der Waals surface area contributed by atoms with Crippen molar-refractivity contribution >= 4 is 28.2 Å². The fourth-order valence-corrected chi connectivity index (χ4v) is 2.72. The van der Waals surface area contributed by atoms with Crippen molar-refractivity contribution in [3.8, 4) is 11.1 Å². The van der Waals surface area contributed by atoms with Gasteiger partial charge in [0, 0.05) is 21.9 Å². The van der Waals surface area contributed by atoms with Crippen LogP contribution in [-0.2, 0) is 0 Å². The molecule has 0 aliphatic carbocycles. The minimum Gasteiger partial charge on any atom is -0.455 e. The number of aldehydes is 1. The lowest BCUT2D eigenvalue weighted by atomic mass is 10.0. The van der Waals surface area contributed by atoms with E-state index in [1.807, 2.05) is 54.6 Å². The van der Waals surface area contributed by atoms with Crippen molar-refractivity contribution in [1.29, 1.82) is 0 Å². The fraction of sp³-hybridized carbons (Fsp3) is 0. The van der Waals surface area contributed by atoms with Crippen LogP contribution in [0.15, 0.2) is 71.1 Å². The van der Waals surface area contributed by atoms with Gasteiger partial charge in [0.15, 0.2) is 0 Å². The first kappa shape index (κ1) is 11.9. The van der Waals surface area contributed by atoms with E-state index in [1.165, 1.54) is 0 Å². The molecule has 0 fully saturated rings. The number of carbonyl (C=O) groups is 1. The second kappa shape index (κ2) is 4.60. The van der Waals surface area contributed by atoms with Crippen LogP contribution in [0.25, 0.3) is 33.1 Å². The van der Waals surface area contributed by atoms with E-state index in [9.17, 15) is 4.79 Å². The van der Waals surface area contributed by atoms with Crippen LogP contribution in [0.5, 0.6) is 0 Å². The maximum absolute atomic E-state index is 10.8. The Hall–Kier alpha value is -2.87. The predicted octanol–water partition coefficient (Wildman–Crippen LogP) is 5.07. The third-order valence-corrected chi connectivity index (χ3v) is 3.76. The van der Waals surface area contributed by atoms with E-state index in [4.69, 9.17) is 4.42 Å². The highest BCUT2D eigenvalue weighted by Crippen LogP contribution is 2.35. The van der Waals surface area contributed by atoms with Gasteiger partial charge in [-0.15, -0.1) is 0 Å². The molecule has 0 saturated heterocycles. The Morgan fingerprint density at radius 1 is 0.762 bits per heavy atom. The zero-order valence-corrected chi connectivity index (χ0v) is 11.2. The van der Waals surface area contributed by atoms with Crippen LogP contribution in [0, 0.1) is 0 Å². The van der Waals surface area contributed by atoms with Gasteiger partial charge in [0.1, 0.15) is 17.5 Å². The molecule has 0 radical (unpaired) electrons. The van der Waals surface area contributed by atoms with Gasteiger partial charge in [-0.25, -0.2) is 0 Å². The highest BCUT2D eigenvalue weighted by atomic mass is 16.3. The van der Waals surface area contributed by atoms with E-state index < -0.39 is 0 Å². The van der Waals surface area contributed by atoms with Crippen LogP contribution in [0.2, 0.25) is 0 Å². The number of hydrogen-bond donors (Lipinski definition) is 0. The highest BCUT2D eigenvalue weighted by molar-refractivity contribution is 6.09. The minimum atomic E-state index is 0.676. The van der Waals surface area contributed by atoms with Gasteiger partial charge in [-0.05, 0) is 11.6 Å². The average Bonchev–Trinajstić information content (AvgIpc) is 2.94. The van der Waals surface area contributed by atoms with Crippen LogP contribution in [0.3, 0.4) is 0 Å². The summed E-state index contributed by atoms with van der Waals surface area (Å²) in [6, 6.07) is 21.7. The van der Waals surface area contributed by atoms with E-state index in [1.54, 1.807) is 0 Å². The van der Waals surface area contributed by atoms with E-state index in [0.717, 1.165) is 39.4 Å². The zero-order valence-electron chi connectivity index (χ0n) is 11.2. The van der Waals surface area contributed by atoms with Gasteiger partial charge in [0.2, 0.25) is 0 Å². The maximum atomic E-state index is 10.8. The van der Waals surface area contributed by atoms with Gasteiger partial charge in [-0.3, -0.25) is 4.79 Å². The third-order valence-electron chi connectivity index (χ3n) is 3.76. The molecule has 1 heterocycles. The molecule has 0 aliphatic heterocycles. The summed E-state index contributed by atoms with van der Waals surface area (Å²) in [6.07, 6.45) is 0.853. The molecule has 0 spiro atoms. The molecule has 100 valence electrons. The van der Waals surface area contributed by atoms with Crippen LogP contribution in [0.1, 0.15) is 10.4 Å². The lowest BCUT2D eigenvalue weighted by Crippen LogP contribution is -1.81. The minimum absolute atomic E-state index is 0.676. The van der Waals surface area contributed by atoms with Gasteiger partial charge in [-0.1, -0.05) is 60.7 Å². The van der Waals surface area contributed by atoms with Gasteiger partial charge >= 0.3 is 0 Å². The van der Waals surface area contributed by atoms with Crippen molar-refractivity contribution in [2.24, 2.45) is 0 Å². The molecule has 3 aromatic carbocycles. The molecule has 4 rings (SSSR count). The Kier molecular flexibility index (Phi) is 2.61. The van der Waals surface area contributed by atoms with Crippen molar-refractivity contribution in [1.82, 2.24) is 0 Å². The molecule has 0 atom stereocenters. The number of furan rings is 1. The molecule has 4 aromatic rings. The molecule has 0 N–H and O–H groups in total. The van der Waals surface area contributed by atoms with Gasteiger partial charge in [0.25, 0.3) is 0 Å². The molecule has 0 unspecified atom stereocenters. The van der Waals surface area contributed by atoms with Crippen LogP contribution in [-0.4, -0.2) is 6.29 Å². The van der Waals surface area contributed by atoms with Crippen LogP contribution in [0.4, 0.5) is 0 Å². The van der Waals surface area contributed by atoms with Gasteiger partial charge < -0.3 is 4.42 Å². The summed E-state index contributed by atoms with van der Waals surface area (Å²) in [4.78, 5) is 10.8. The SMILES string of the molecule is O=Cc1ccc(-c2cccc3c2oc2ccccc23)cc1. The maximum Gasteiger partial charge on any atom is 0.150 e. The highest BCUT2D eigenvalue weighted by Gasteiger charge is 2.11. The normalized spacial score (nSPS) is 11.0. The Balaban J connectivity index is 2.01. The van der Waals surface area contributed by atoms with Crippen LogP contribution < -0.4 is 0 Å². The fourth-order valence-electron chi connectivity index (χ4n) is 2.72. The molecule has 0 saturated carbocycles. The number of hydrogen-bond acceptors (Lipinski definition) is 2. The quantitative estimate of drug-likeness (QED) is 0.477. The summed E-state index contributed by atoms with van der Waals surface area (Å²) >= 11 is 0. The molecule has 0 aliphatic rings. The van der Waals surface area contributed by atoms with Crippen molar-refractivity contribution in [2.75, 3.05) is 0 Å². The van der Waals surface area contributed by atoms with Crippen molar-refractivity contribution < 1.29 is 9.21 Å². The molecule has 21 heavy (non-hydrogen) atoms. The topological polar surface area (TPSA) is 30.2 Å². The molecule has 2 nitrogen and oxygen atoms in total. The van der Waals surface area contributed by atoms with E-state index >= 15 is 0 Å². The van der Waals surface area contributed by atoms with Crippen LogP contribution >= 0.6 is 0 Å². The Labute approximate surface area is 121 Å². The summed E-state index contributed by atoms with van der Waals surface area (Å²) < 4.78 is 6.03. The number of fused-ring (bicyclic) bond motifs is 3. The van der Waals surface area contributed by atoms with Crippen molar-refractivity contribution in [3.63, 3.8) is 0 Å². The molecule has 1 aromatic heterocycles. The van der Waals surface area contributed by atoms with E-state index in [2.05, 4.69) is 12.1 Å². The van der Waals surface area contributed by atoms with Gasteiger partial charge in [-0.2, -0.15) is 0 Å². The lowest BCUT2D eigenvalue weighted by Gasteiger charge is -2.02. The largest absolute Gasteiger partial charge is 0.455 e. The first-order valence-corrected chi connectivity index (χ1v) is 6.83. The molecule has 0 amide bonds. The average molecular weight is 272 g/mol. The number of rotatable bonds is 2. The smallest absolute Gasteiger partial charge is 0.150 e. The molecular weight excluding hydrogens is 260 g/mol.